The van der Waals surface area contributed by atoms with Crippen LogP contribution in [-0.4, -0.2) is 45.3 Å². The molecule has 1 amide bonds. The second kappa shape index (κ2) is 7.90. The SMILES string of the molecule is Cc1cc(C(=O)NCCCn2cccn2)nc(N2CCCCC2)n1. The van der Waals surface area contributed by atoms with Crippen LogP contribution in [-0.2, 0) is 6.54 Å². The van der Waals surface area contributed by atoms with Crippen LogP contribution in [0.1, 0.15) is 41.9 Å². The first-order valence-corrected chi connectivity index (χ1v) is 8.58. The molecule has 24 heavy (non-hydrogen) atoms. The number of nitrogens with one attached hydrogen (secondary N) is 1. The fraction of sp³-hybridized carbons (Fsp3) is 0.529. The van der Waals surface area contributed by atoms with Gasteiger partial charge in [-0.3, -0.25) is 9.48 Å². The van der Waals surface area contributed by atoms with Gasteiger partial charge >= 0.3 is 0 Å². The number of anilines is 1. The van der Waals surface area contributed by atoms with Gasteiger partial charge in [0.05, 0.1) is 0 Å². The normalized spacial score (nSPS) is 14.6. The van der Waals surface area contributed by atoms with E-state index in [0.29, 0.717) is 18.2 Å². The van der Waals surface area contributed by atoms with Gasteiger partial charge in [0.1, 0.15) is 5.69 Å². The molecule has 1 saturated heterocycles. The molecule has 7 heteroatoms. The Labute approximate surface area is 142 Å². The van der Waals surface area contributed by atoms with Gasteiger partial charge in [0, 0.05) is 44.3 Å². The molecule has 0 radical (unpaired) electrons. The van der Waals surface area contributed by atoms with E-state index >= 15 is 0 Å². The summed E-state index contributed by atoms with van der Waals surface area (Å²) >= 11 is 0. The van der Waals surface area contributed by atoms with Crippen molar-refractivity contribution in [3.8, 4) is 0 Å². The van der Waals surface area contributed by atoms with Crippen LogP contribution < -0.4 is 10.2 Å². The van der Waals surface area contributed by atoms with Gasteiger partial charge in [0.25, 0.3) is 5.91 Å². The Balaban J connectivity index is 1.56. The zero-order chi connectivity index (χ0) is 16.8. The van der Waals surface area contributed by atoms with Crippen molar-refractivity contribution in [2.45, 2.75) is 39.2 Å². The molecule has 3 heterocycles. The van der Waals surface area contributed by atoms with Gasteiger partial charge in [0.15, 0.2) is 0 Å². The number of amides is 1. The van der Waals surface area contributed by atoms with E-state index in [1.54, 1.807) is 12.3 Å². The predicted molar refractivity (Wildman–Crippen MR) is 92.0 cm³/mol. The summed E-state index contributed by atoms with van der Waals surface area (Å²) in [6.07, 6.45) is 8.08. The molecule has 128 valence electrons. The van der Waals surface area contributed by atoms with Gasteiger partial charge in [-0.1, -0.05) is 0 Å². The standard InChI is InChI=1S/C17H24N6O/c1-14-13-15(21-17(20-14)22-9-3-2-4-10-22)16(24)18-7-5-11-23-12-6-8-19-23/h6,8,12-13H,2-5,7,9-11H2,1H3,(H,18,24). The average Bonchev–Trinajstić information content (AvgIpc) is 3.12. The Morgan fingerprint density at radius 1 is 1.25 bits per heavy atom. The maximum absolute atomic E-state index is 12.4. The molecule has 0 bridgehead atoms. The van der Waals surface area contributed by atoms with Crippen LogP contribution in [0.3, 0.4) is 0 Å². The maximum Gasteiger partial charge on any atom is 0.270 e. The maximum atomic E-state index is 12.4. The molecule has 0 spiro atoms. The van der Waals surface area contributed by atoms with Crippen LogP contribution in [0.5, 0.6) is 0 Å². The third-order valence-electron chi connectivity index (χ3n) is 4.12. The van der Waals surface area contributed by atoms with Crippen LogP contribution >= 0.6 is 0 Å². The molecule has 0 atom stereocenters. The van der Waals surface area contributed by atoms with Crippen molar-refractivity contribution >= 4 is 11.9 Å². The molecule has 1 aliphatic heterocycles. The van der Waals surface area contributed by atoms with E-state index < -0.39 is 0 Å². The number of rotatable bonds is 6. The minimum atomic E-state index is -0.140. The van der Waals surface area contributed by atoms with E-state index in [-0.39, 0.29) is 5.91 Å². The topological polar surface area (TPSA) is 75.9 Å². The highest BCUT2D eigenvalue weighted by molar-refractivity contribution is 5.92. The molecule has 7 nitrogen and oxygen atoms in total. The van der Waals surface area contributed by atoms with Crippen LogP contribution in [0, 0.1) is 6.92 Å². The van der Waals surface area contributed by atoms with E-state index in [9.17, 15) is 4.79 Å². The summed E-state index contributed by atoms with van der Waals surface area (Å²) in [6.45, 7) is 5.22. The van der Waals surface area contributed by atoms with Crippen molar-refractivity contribution in [2.24, 2.45) is 0 Å². The predicted octanol–water partition coefficient (Wildman–Crippen LogP) is 1.79. The van der Waals surface area contributed by atoms with E-state index in [4.69, 9.17) is 0 Å². The summed E-state index contributed by atoms with van der Waals surface area (Å²) in [5, 5.41) is 7.07. The summed E-state index contributed by atoms with van der Waals surface area (Å²) in [5.74, 6) is 0.538. The van der Waals surface area contributed by atoms with E-state index in [0.717, 1.165) is 44.6 Å². The van der Waals surface area contributed by atoms with Gasteiger partial charge in [0.2, 0.25) is 5.95 Å². The molecule has 0 saturated carbocycles. The summed E-state index contributed by atoms with van der Waals surface area (Å²) in [6, 6.07) is 3.64. The molecule has 0 aliphatic carbocycles. The summed E-state index contributed by atoms with van der Waals surface area (Å²) in [5.41, 5.74) is 1.27. The Morgan fingerprint density at radius 3 is 2.83 bits per heavy atom. The van der Waals surface area contributed by atoms with Crippen LogP contribution in [0.2, 0.25) is 0 Å². The summed E-state index contributed by atoms with van der Waals surface area (Å²) in [4.78, 5) is 23.5. The quantitative estimate of drug-likeness (QED) is 0.818. The number of nitrogens with zero attached hydrogens (tertiary/aromatic N) is 5. The third kappa shape index (κ3) is 4.31. The summed E-state index contributed by atoms with van der Waals surface area (Å²) < 4.78 is 1.86. The highest BCUT2D eigenvalue weighted by Gasteiger charge is 2.16. The highest BCUT2D eigenvalue weighted by Crippen LogP contribution is 2.16. The minimum absolute atomic E-state index is 0.140. The Bertz CT molecular complexity index is 664. The van der Waals surface area contributed by atoms with E-state index in [1.807, 2.05) is 23.9 Å². The van der Waals surface area contributed by atoms with Crippen molar-refractivity contribution in [2.75, 3.05) is 24.5 Å². The van der Waals surface area contributed by atoms with E-state index in [1.165, 1.54) is 6.42 Å². The van der Waals surface area contributed by atoms with Gasteiger partial charge in [-0.25, -0.2) is 9.97 Å². The van der Waals surface area contributed by atoms with Gasteiger partial charge in [-0.05, 0) is 44.7 Å². The molecule has 3 rings (SSSR count). The average molecular weight is 328 g/mol. The number of hydrogen-bond donors (Lipinski definition) is 1. The van der Waals surface area contributed by atoms with Crippen molar-refractivity contribution in [1.82, 2.24) is 25.1 Å². The first-order valence-electron chi connectivity index (χ1n) is 8.58. The fourth-order valence-corrected chi connectivity index (χ4v) is 2.87. The number of aryl methyl sites for hydroxylation is 2. The van der Waals surface area contributed by atoms with Gasteiger partial charge in [-0.2, -0.15) is 5.10 Å². The second-order valence-electron chi connectivity index (χ2n) is 6.12. The highest BCUT2D eigenvalue weighted by atomic mass is 16.1. The number of carbonyl (C=O) groups excluding carboxylic acids is 1. The third-order valence-corrected chi connectivity index (χ3v) is 4.12. The van der Waals surface area contributed by atoms with Crippen LogP contribution in [0.25, 0.3) is 0 Å². The molecule has 1 fully saturated rings. The Kier molecular flexibility index (Phi) is 5.40. The Hall–Kier alpha value is -2.44. The lowest BCUT2D eigenvalue weighted by Crippen LogP contribution is -2.32. The lowest BCUT2D eigenvalue weighted by atomic mass is 10.1. The minimum Gasteiger partial charge on any atom is -0.351 e. The van der Waals surface area contributed by atoms with Crippen molar-refractivity contribution in [3.63, 3.8) is 0 Å². The monoisotopic (exact) mass is 328 g/mol. The number of piperidine rings is 1. The number of hydrogen-bond acceptors (Lipinski definition) is 5. The molecule has 0 unspecified atom stereocenters. The second-order valence-corrected chi connectivity index (χ2v) is 6.12. The largest absolute Gasteiger partial charge is 0.351 e. The zero-order valence-electron chi connectivity index (χ0n) is 14.1. The van der Waals surface area contributed by atoms with Crippen molar-refractivity contribution < 1.29 is 4.79 Å². The Morgan fingerprint density at radius 2 is 2.08 bits per heavy atom. The summed E-state index contributed by atoms with van der Waals surface area (Å²) in [7, 11) is 0. The van der Waals surface area contributed by atoms with Gasteiger partial charge < -0.3 is 10.2 Å². The van der Waals surface area contributed by atoms with Crippen molar-refractivity contribution in [1.29, 1.82) is 0 Å². The lowest BCUT2D eigenvalue weighted by molar-refractivity contribution is 0.0947. The zero-order valence-corrected chi connectivity index (χ0v) is 14.1. The first kappa shape index (κ1) is 16.4. The molecule has 1 N–H and O–H groups in total. The number of aromatic nitrogens is 4. The smallest absolute Gasteiger partial charge is 0.270 e. The molecular formula is C17H24N6O. The molecule has 1 aliphatic rings. The van der Waals surface area contributed by atoms with Crippen LogP contribution in [0.4, 0.5) is 5.95 Å². The van der Waals surface area contributed by atoms with E-state index in [2.05, 4.69) is 25.3 Å². The molecule has 2 aromatic heterocycles. The molecule has 2 aromatic rings. The fourth-order valence-electron chi connectivity index (χ4n) is 2.87. The molecule has 0 aromatic carbocycles. The van der Waals surface area contributed by atoms with Gasteiger partial charge in [-0.15, -0.1) is 0 Å². The number of carbonyl (C=O) groups is 1. The lowest BCUT2D eigenvalue weighted by Gasteiger charge is -2.27. The molecular weight excluding hydrogens is 304 g/mol. The van der Waals surface area contributed by atoms with Crippen LogP contribution in [0.15, 0.2) is 24.5 Å². The van der Waals surface area contributed by atoms with Crippen molar-refractivity contribution in [3.05, 3.63) is 35.9 Å². The first-order chi connectivity index (χ1) is 11.7.